The smallest absolute Gasteiger partial charge is 0.0777 e. The van der Waals surface area contributed by atoms with Gasteiger partial charge in [-0.15, -0.1) is 0 Å². The lowest BCUT2D eigenvalue weighted by atomic mass is 9.87. The van der Waals surface area contributed by atoms with E-state index in [9.17, 15) is 0 Å². The summed E-state index contributed by atoms with van der Waals surface area (Å²) >= 11 is 0. The van der Waals surface area contributed by atoms with Crippen molar-refractivity contribution in [2.75, 3.05) is 40.5 Å². The molecule has 0 aromatic carbocycles. The number of nitrogens with two attached hydrogens (primary N) is 1. The number of likely N-dealkylation sites (tertiary alicyclic amines) is 1. The first kappa shape index (κ1) is 14.9. The summed E-state index contributed by atoms with van der Waals surface area (Å²) in [4.78, 5) is 2.46. The Morgan fingerprint density at radius 1 is 1.41 bits per heavy atom. The largest absolute Gasteiger partial charge is 0.383 e. The summed E-state index contributed by atoms with van der Waals surface area (Å²) < 4.78 is 11.0. The molecule has 0 radical (unpaired) electrons. The van der Waals surface area contributed by atoms with Crippen LogP contribution in [-0.4, -0.2) is 56.5 Å². The first-order valence-corrected chi connectivity index (χ1v) is 6.55. The molecule has 1 aliphatic heterocycles. The Labute approximate surface area is 105 Å². The van der Waals surface area contributed by atoms with Gasteiger partial charge in [-0.25, -0.2) is 0 Å². The Hall–Kier alpha value is -0.160. The van der Waals surface area contributed by atoms with Crippen LogP contribution in [0.2, 0.25) is 0 Å². The molecule has 102 valence electrons. The van der Waals surface area contributed by atoms with Crippen molar-refractivity contribution in [3.8, 4) is 0 Å². The van der Waals surface area contributed by atoms with Crippen LogP contribution in [0.25, 0.3) is 0 Å². The van der Waals surface area contributed by atoms with Crippen LogP contribution in [-0.2, 0) is 9.47 Å². The molecule has 1 saturated heterocycles. The molecule has 0 saturated carbocycles. The Kier molecular flexibility index (Phi) is 5.38. The average molecular weight is 244 g/mol. The number of piperidine rings is 1. The third kappa shape index (κ3) is 3.19. The molecule has 0 spiro atoms. The molecule has 1 rings (SSSR count). The summed E-state index contributed by atoms with van der Waals surface area (Å²) in [6.07, 6.45) is 3.30. The first-order chi connectivity index (χ1) is 8.05. The fourth-order valence-electron chi connectivity index (χ4n) is 2.80. The van der Waals surface area contributed by atoms with Crippen LogP contribution in [0.5, 0.6) is 0 Å². The molecule has 0 amide bonds. The number of hydrogen-bond acceptors (Lipinski definition) is 4. The molecule has 0 aromatic rings. The van der Waals surface area contributed by atoms with E-state index in [1.165, 1.54) is 0 Å². The zero-order chi connectivity index (χ0) is 12.9. The van der Waals surface area contributed by atoms with Crippen LogP contribution in [0.15, 0.2) is 0 Å². The second-order valence-electron chi connectivity index (χ2n) is 5.39. The van der Waals surface area contributed by atoms with Gasteiger partial charge < -0.3 is 15.2 Å². The van der Waals surface area contributed by atoms with Gasteiger partial charge in [-0.1, -0.05) is 6.92 Å². The van der Waals surface area contributed by atoms with Gasteiger partial charge in [0.2, 0.25) is 0 Å². The molecule has 2 unspecified atom stereocenters. The third-order valence-corrected chi connectivity index (χ3v) is 4.27. The van der Waals surface area contributed by atoms with E-state index in [2.05, 4.69) is 18.7 Å². The molecular formula is C13H28N2O2. The molecule has 4 heteroatoms. The minimum atomic E-state index is -0.0401. The van der Waals surface area contributed by atoms with Gasteiger partial charge in [0.1, 0.15) is 0 Å². The van der Waals surface area contributed by atoms with Crippen molar-refractivity contribution in [2.45, 2.75) is 44.2 Å². The Morgan fingerprint density at radius 3 is 2.59 bits per heavy atom. The molecular weight excluding hydrogens is 216 g/mol. The predicted molar refractivity (Wildman–Crippen MR) is 70.2 cm³/mol. The summed E-state index contributed by atoms with van der Waals surface area (Å²) in [5.41, 5.74) is 5.93. The van der Waals surface area contributed by atoms with Gasteiger partial charge >= 0.3 is 0 Å². The highest BCUT2D eigenvalue weighted by Crippen LogP contribution is 2.30. The van der Waals surface area contributed by atoms with E-state index in [-0.39, 0.29) is 11.1 Å². The van der Waals surface area contributed by atoms with Gasteiger partial charge in [0.05, 0.1) is 17.7 Å². The summed E-state index contributed by atoms with van der Waals surface area (Å²) in [6, 6.07) is 0. The zero-order valence-corrected chi connectivity index (χ0v) is 11.8. The SMILES string of the molecule is CCC(CN)(COC)N1CCCC(C)(OC)C1. The summed E-state index contributed by atoms with van der Waals surface area (Å²) in [7, 11) is 3.55. The number of nitrogens with zero attached hydrogens (tertiary/aromatic N) is 1. The van der Waals surface area contributed by atoms with Crippen LogP contribution in [0, 0.1) is 0 Å². The fourth-order valence-corrected chi connectivity index (χ4v) is 2.80. The maximum absolute atomic E-state index is 6.00. The van der Waals surface area contributed by atoms with Crippen molar-refractivity contribution in [3.63, 3.8) is 0 Å². The number of hydrogen-bond donors (Lipinski definition) is 1. The van der Waals surface area contributed by atoms with Gasteiger partial charge in [0.15, 0.2) is 0 Å². The van der Waals surface area contributed by atoms with Crippen molar-refractivity contribution in [2.24, 2.45) is 5.73 Å². The molecule has 0 aromatic heterocycles. The van der Waals surface area contributed by atoms with E-state index in [0.29, 0.717) is 13.2 Å². The highest BCUT2D eigenvalue weighted by molar-refractivity contribution is 4.97. The lowest BCUT2D eigenvalue weighted by Crippen LogP contribution is -2.62. The average Bonchev–Trinajstić information content (AvgIpc) is 2.36. The normalized spacial score (nSPS) is 30.2. The van der Waals surface area contributed by atoms with E-state index in [4.69, 9.17) is 15.2 Å². The maximum atomic E-state index is 6.00. The highest BCUT2D eigenvalue weighted by atomic mass is 16.5. The second-order valence-corrected chi connectivity index (χ2v) is 5.39. The highest BCUT2D eigenvalue weighted by Gasteiger charge is 2.40. The van der Waals surface area contributed by atoms with E-state index < -0.39 is 0 Å². The van der Waals surface area contributed by atoms with Gasteiger partial charge in [-0.3, -0.25) is 4.90 Å². The molecule has 1 aliphatic rings. The Balaban J connectivity index is 2.80. The van der Waals surface area contributed by atoms with Crippen molar-refractivity contribution >= 4 is 0 Å². The minimum absolute atomic E-state index is 0.0328. The molecule has 2 N–H and O–H groups in total. The van der Waals surface area contributed by atoms with Crippen molar-refractivity contribution in [3.05, 3.63) is 0 Å². The third-order valence-electron chi connectivity index (χ3n) is 4.27. The van der Waals surface area contributed by atoms with Crippen LogP contribution in [0.1, 0.15) is 33.1 Å². The van der Waals surface area contributed by atoms with E-state index in [1.807, 2.05) is 0 Å². The van der Waals surface area contributed by atoms with Gasteiger partial charge in [-0.2, -0.15) is 0 Å². The second kappa shape index (κ2) is 6.14. The number of rotatable bonds is 6. The molecule has 1 fully saturated rings. The Bertz CT molecular complexity index is 231. The van der Waals surface area contributed by atoms with Crippen molar-refractivity contribution < 1.29 is 9.47 Å². The van der Waals surface area contributed by atoms with Gasteiger partial charge in [0.25, 0.3) is 0 Å². The topological polar surface area (TPSA) is 47.7 Å². The lowest BCUT2D eigenvalue weighted by molar-refractivity contribution is -0.0941. The summed E-state index contributed by atoms with van der Waals surface area (Å²) in [5, 5.41) is 0. The zero-order valence-electron chi connectivity index (χ0n) is 11.8. The fraction of sp³-hybridized carbons (Fsp3) is 1.00. The van der Waals surface area contributed by atoms with E-state index in [1.54, 1.807) is 14.2 Å². The van der Waals surface area contributed by atoms with Crippen LogP contribution < -0.4 is 5.73 Å². The standard InChI is InChI=1S/C13H28N2O2/c1-5-13(9-14,11-16-3)15-8-6-7-12(2,10-15)17-4/h5-11,14H2,1-4H3. The van der Waals surface area contributed by atoms with Gasteiger partial charge in [-0.05, 0) is 32.7 Å². The summed E-state index contributed by atoms with van der Waals surface area (Å²) in [5.74, 6) is 0. The number of ether oxygens (including phenoxy) is 2. The molecule has 0 aliphatic carbocycles. The van der Waals surface area contributed by atoms with Gasteiger partial charge in [0, 0.05) is 27.3 Å². The van der Waals surface area contributed by atoms with Crippen LogP contribution >= 0.6 is 0 Å². The summed E-state index contributed by atoms with van der Waals surface area (Å²) in [6.45, 7) is 7.73. The van der Waals surface area contributed by atoms with Crippen molar-refractivity contribution in [1.82, 2.24) is 4.90 Å². The molecule has 17 heavy (non-hydrogen) atoms. The maximum Gasteiger partial charge on any atom is 0.0777 e. The minimum Gasteiger partial charge on any atom is -0.383 e. The monoisotopic (exact) mass is 244 g/mol. The van der Waals surface area contributed by atoms with E-state index >= 15 is 0 Å². The quantitative estimate of drug-likeness (QED) is 0.764. The lowest BCUT2D eigenvalue weighted by Gasteiger charge is -2.49. The Morgan fingerprint density at radius 2 is 2.12 bits per heavy atom. The predicted octanol–water partition coefficient (Wildman–Crippen LogP) is 1.24. The van der Waals surface area contributed by atoms with Crippen molar-refractivity contribution in [1.29, 1.82) is 0 Å². The molecule has 1 heterocycles. The van der Waals surface area contributed by atoms with E-state index in [0.717, 1.165) is 32.4 Å². The molecule has 2 atom stereocenters. The number of methoxy groups -OCH3 is 2. The molecule has 4 nitrogen and oxygen atoms in total. The van der Waals surface area contributed by atoms with Crippen LogP contribution in [0.3, 0.4) is 0 Å². The van der Waals surface area contributed by atoms with Crippen LogP contribution in [0.4, 0.5) is 0 Å². The first-order valence-electron chi connectivity index (χ1n) is 6.55. The molecule has 0 bridgehead atoms.